The van der Waals surface area contributed by atoms with Gasteiger partial charge >= 0.3 is 0 Å². The average Bonchev–Trinajstić information content (AvgIpc) is 3.14. The lowest BCUT2D eigenvalue weighted by Crippen LogP contribution is -1.96. The monoisotopic (exact) mass is 336 g/mol. The van der Waals surface area contributed by atoms with E-state index in [0.29, 0.717) is 5.39 Å². The molecule has 4 nitrogen and oxygen atoms in total. The second-order valence-electron chi connectivity index (χ2n) is 6.14. The van der Waals surface area contributed by atoms with Crippen LogP contribution in [-0.2, 0) is 0 Å². The number of non-ortho nitro benzene ring substituents is 1. The number of benzene rings is 2. The van der Waals surface area contributed by atoms with Gasteiger partial charge in [0.2, 0.25) is 0 Å². The summed E-state index contributed by atoms with van der Waals surface area (Å²) in [5.74, 6) is 0. The minimum absolute atomic E-state index is 0.0988. The van der Waals surface area contributed by atoms with Gasteiger partial charge in [-0.1, -0.05) is 48.5 Å². The second-order valence-corrected chi connectivity index (χ2v) is 6.14. The number of aromatic nitrogens is 1. The lowest BCUT2D eigenvalue weighted by Gasteiger charge is -2.11. The van der Waals surface area contributed by atoms with Crippen molar-refractivity contribution < 1.29 is 4.92 Å². The number of nitro groups is 1. The van der Waals surface area contributed by atoms with Gasteiger partial charge in [0, 0.05) is 16.8 Å². The van der Waals surface area contributed by atoms with Crippen molar-refractivity contribution in [2.24, 2.45) is 0 Å². The summed E-state index contributed by atoms with van der Waals surface area (Å²) in [7, 11) is 0. The first-order chi connectivity index (χ1) is 12.8. The number of fused-ring (bicyclic) bond motifs is 6. The molecule has 0 saturated carbocycles. The fourth-order valence-corrected chi connectivity index (χ4v) is 3.69. The highest BCUT2D eigenvalue weighted by Crippen LogP contribution is 2.37. The predicted octanol–water partition coefficient (Wildman–Crippen LogP) is 5.42. The zero-order valence-corrected chi connectivity index (χ0v) is 13.6. The highest BCUT2D eigenvalue weighted by Gasteiger charge is 2.19. The van der Waals surface area contributed by atoms with Gasteiger partial charge in [-0.05, 0) is 35.9 Å². The Kier molecular flexibility index (Phi) is 2.97. The van der Waals surface area contributed by atoms with Crippen molar-refractivity contribution in [1.29, 1.82) is 0 Å². The summed E-state index contributed by atoms with van der Waals surface area (Å²) in [6.07, 6.45) is 0. The molecule has 0 aliphatic carbocycles. The van der Waals surface area contributed by atoms with Crippen LogP contribution in [0.1, 0.15) is 0 Å². The fourth-order valence-electron chi connectivity index (χ4n) is 3.69. The smallest absolute Gasteiger partial charge is 0.279 e. The van der Waals surface area contributed by atoms with E-state index in [1.807, 2.05) is 42.5 Å². The predicted molar refractivity (Wildman–Crippen MR) is 102 cm³/mol. The highest BCUT2D eigenvalue weighted by molar-refractivity contribution is 6.16. The molecular formula is C22H12N2O2. The largest absolute Gasteiger partial charge is 0.308 e. The molecular weight excluding hydrogens is 324 g/mol. The topological polar surface area (TPSA) is 47.5 Å². The molecule has 0 unspecified atom stereocenters. The molecule has 0 N–H and O–H groups in total. The van der Waals surface area contributed by atoms with Crippen molar-refractivity contribution in [1.82, 2.24) is 4.40 Å². The Morgan fingerprint density at radius 1 is 0.808 bits per heavy atom. The van der Waals surface area contributed by atoms with Gasteiger partial charge in [-0.2, -0.15) is 0 Å². The van der Waals surface area contributed by atoms with Gasteiger partial charge in [0.05, 0.1) is 27.0 Å². The van der Waals surface area contributed by atoms with E-state index in [2.05, 4.69) is 28.7 Å². The van der Waals surface area contributed by atoms with Gasteiger partial charge < -0.3 is 4.40 Å². The number of pyridine rings is 1. The van der Waals surface area contributed by atoms with E-state index < -0.39 is 0 Å². The summed E-state index contributed by atoms with van der Waals surface area (Å²) in [6.45, 7) is 0. The van der Waals surface area contributed by atoms with Gasteiger partial charge in [-0.25, -0.2) is 0 Å². The molecule has 26 heavy (non-hydrogen) atoms. The van der Waals surface area contributed by atoms with Crippen LogP contribution >= 0.6 is 0 Å². The van der Waals surface area contributed by atoms with Gasteiger partial charge in [0.1, 0.15) is 0 Å². The first-order valence-electron chi connectivity index (χ1n) is 8.23. The Hall–Kier alpha value is -3.84. The van der Waals surface area contributed by atoms with E-state index in [9.17, 15) is 10.1 Å². The maximum absolute atomic E-state index is 11.7. The third kappa shape index (κ3) is 1.92. The van der Waals surface area contributed by atoms with Crippen LogP contribution < -0.4 is 0 Å². The third-order valence-corrected chi connectivity index (χ3v) is 4.76. The standard InChI is InChI=1S/C22H12N2O2/c25-24(26)21-12-6-11-20-22(21)17-10-5-4-9-16(17)19-14-13-18(23(19)20)15-7-2-1-3-8-15/h1-3,6-14H. The molecule has 0 radical (unpaired) electrons. The molecule has 2 heterocycles. The first kappa shape index (κ1) is 14.5. The third-order valence-electron chi connectivity index (χ3n) is 4.76. The summed E-state index contributed by atoms with van der Waals surface area (Å²) in [4.78, 5) is 11.3. The molecule has 3 aromatic carbocycles. The van der Waals surface area contributed by atoms with Crippen molar-refractivity contribution in [2.45, 2.75) is 0 Å². The molecule has 0 saturated heterocycles. The molecule has 0 spiro atoms. The number of hydrogen-bond acceptors (Lipinski definition) is 2. The van der Waals surface area contributed by atoms with E-state index >= 15 is 0 Å². The maximum atomic E-state index is 11.7. The Labute approximate surface area is 149 Å². The van der Waals surface area contributed by atoms with Crippen molar-refractivity contribution in [2.75, 3.05) is 0 Å². The average molecular weight is 336 g/mol. The van der Waals surface area contributed by atoms with Gasteiger partial charge in [0.25, 0.3) is 5.69 Å². The quantitative estimate of drug-likeness (QED) is 0.319. The lowest BCUT2D eigenvalue weighted by atomic mass is 10.0. The zero-order chi connectivity index (χ0) is 17.7. The van der Waals surface area contributed by atoms with Crippen LogP contribution in [0, 0.1) is 22.2 Å². The molecule has 5 aromatic rings. The minimum atomic E-state index is -0.323. The van der Waals surface area contributed by atoms with Crippen molar-refractivity contribution >= 4 is 32.9 Å². The molecule has 0 bridgehead atoms. The summed E-state index contributed by atoms with van der Waals surface area (Å²) in [5, 5.41) is 14.0. The van der Waals surface area contributed by atoms with Gasteiger partial charge in [-0.15, -0.1) is 0 Å². The number of rotatable bonds is 2. The molecule has 0 amide bonds. The first-order valence-corrected chi connectivity index (χ1v) is 8.23. The summed E-state index contributed by atoms with van der Waals surface area (Å²) >= 11 is 0. The summed E-state index contributed by atoms with van der Waals surface area (Å²) < 4.78 is 2.09. The van der Waals surface area contributed by atoms with Crippen LogP contribution in [0.5, 0.6) is 0 Å². The summed E-state index contributed by atoms with van der Waals surface area (Å²) in [5.41, 5.74) is 3.97. The van der Waals surface area contributed by atoms with Crippen molar-refractivity contribution in [3.8, 4) is 11.3 Å². The van der Waals surface area contributed by atoms with Crippen LogP contribution in [0.3, 0.4) is 0 Å². The molecule has 0 atom stereocenters. The van der Waals surface area contributed by atoms with E-state index in [1.54, 1.807) is 18.2 Å². The van der Waals surface area contributed by atoms with Crippen LogP contribution in [0.25, 0.3) is 38.4 Å². The highest BCUT2D eigenvalue weighted by atomic mass is 16.6. The van der Waals surface area contributed by atoms with Gasteiger partial charge in [0.15, 0.2) is 0 Å². The minimum Gasteiger partial charge on any atom is -0.308 e. The van der Waals surface area contributed by atoms with Crippen molar-refractivity contribution in [3.63, 3.8) is 0 Å². The SMILES string of the molecule is O=[N+]([O-])c1cccc2c1c1cc#ccc1c1ccc(-c3ccccc3)n12. The Morgan fingerprint density at radius 3 is 2.35 bits per heavy atom. The van der Waals surface area contributed by atoms with Crippen LogP contribution in [0.2, 0.25) is 0 Å². The van der Waals surface area contributed by atoms with Crippen molar-refractivity contribution in [3.05, 3.63) is 95.0 Å². The molecule has 122 valence electrons. The molecule has 2 aromatic heterocycles. The number of nitrogens with zero attached hydrogens (tertiary/aromatic N) is 2. The van der Waals surface area contributed by atoms with E-state index in [1.165, 1.54) is 0 Å². The van der Waals surface area contributed by atoms with E-state index in [0.717, 1.165) is 33.1 Å². The van der Waals surface area contributed by atoms with Crippen LogP contribution in [0.4, 0.5) is 5.69 Å². The summed E-state index contributed by atoms with van der Waals surface area (Å²) in [6, 6.07) is 28.9. The molecule has 0 aliphatic heterocycles. The Bertz CT molecular complexity index is 1300. The van der Waals surface area contributed by atoms with Gasteiger partial charge in [-0.3, -0.25) is 10.1 Å². The molecule has 0 fully saturated rings. The van der Waals surface area contributed by atoms with Crippen LogP contribution in [0.15, 0.2) is 72.8 Å². The van der Waals surface area contributed by atoms with E-state index in [-0.39, 0.29) is 10.6 Å². The Morgan fingerprint density at radius 2 is 1.58 bits per heavy atom. The van der Waals surface area contributed by atoms with Crippen LogP contribution in [-0.4, -0.2) is 9.32 Å². The molecule has 4 heteroatoms. The fraction of sp³-hybridized carbons (Fsp3) is 0. The zero-order valence-electron chi connectivity index (χ0n) is 13.6. The second kappa shape index (κ2) is 5.33. The normalized spacial score (nSPS) is 11.1. The molecule has 0 aliphatic rings. The lowest BCUT2D eigenvalue weighted by molar-refractivity contribution is -0.383. The number of hydrogen-bond donors (Lipinski definition) is 0. The molecule has 5 rings (SSSR count). The Balaban J connectivity index is 2.07. The maximum Gasteiger partial charge on any atom is 0.279 e. The number of nitro benzene ring substituents is 1. The van der Waals surface area contributed by atoms with E-state index in [4.69, 9.17) is 0 Å².